The fourth-order valence-electron chi connectivity index (χ4n) is 3.11. The molecule has 0 aliphatic carbocycles. The molecule has 0 spiro atoms. The number of hydrogen-bond acceptors (Lipinski definition) is 5. The van der Waals surface area contributed by atoms with Crippen LogP contribution >= 0.6 is 23.4 Å². The maximum atomic E-state index is 13.0. The summed E-state index contributed by atoms with van der Waals surface area (Å²) in [6.45, 7) is 5.62. The van der Waals surface area contributed by atoms with Crippen LogP contribution in [0.1, 0.15) is 29.8 Å². The van der Waals surface area contributed by atoms with Crippen molar-refractivity contribution in [3.8, 4) is 0 Å². The number of nitrogens with zero attached hydrogens (tertiary/aromatic N) is 1. The van der Waals surface area contributed by atoms with Gasteiger partial charge < -0.3 is 16.0 Å². The van der Waals surface area contributed by atoms with Crippen molar-refractivity contribution >= 4 is 40.7 Å². The first-order chi connectivity index (χ1) is 13.8. The van der Waals surface area contributed by atoms with E-state index in [0.29, 0.717) is 28.8 Å². The largest absolute Gasteiger partial charge is 0.319 e. The molecule has 0 fully saturated rings. The van der Waals surface area contributed by atoms with E-state index in [0.717, 1.165) is 22.7 Å². The lowest BCUT2D eigenvalue weighted by atomic mass is 10.1. The second-order valence-electron chi connectivity index (χ2n) is 7.60. The number of rotatable bonds is 7. The van der Waals surface area contributed by atoms with E-state index in [1.165, 1.54) is 0 Å². The number of fused-ring (bicyclic) bond motifs is 1. The van der Waals surface area contributed by atoms with Crippen LogP contribution in [0.15, 0.2) is 47.4 Å². The first-order valence-corrected chi connectivity index (χ1v) is 11.0. The van der Waals surface area contributed by atoms with Gasteiger partial charge in [0.15, 0.2) is 5.78 Å². The average molecular weight is 432 g/mol. The number of ketones is 1. The zero-order valence-corrected chi connectivity index (χ0v) is 18.2. The molecule has 0 unspecified atom stereocenters. The molecule has 0 saturated carbocycles. The first kappa shape index (κ1) is 21.8. The smallest absolute Gasteiger partial charge is 0.245 e. The number of nitrogens with two attached hydrogens (primary N) is 1. The van der Waals surface area contributed by atoms with Gasteiger partial charge in [-0.15, -0.1) is 11.8 Å². The Balaban J connectivity index is 1.89. The van der Waals surface area contributed by atoms with E-state index in [1.807, 2.05) is 30.3 Å². The molecule has 0 bridgehead atoms. The Kier molecular flexibility index (Phi) is 7.35. The molecule has 1 aliphatic rings. The number of hydrogen-bond donors (Lipinski definition) is 2. The molecule has 0 saturated heterocycles. The summed E-state index contributed by atoms with van der Waals surface area (Å²) in [6, 6.07) is 12.3. The van der Waals surface area contributed by atoms with E-state index < -0.39 is 6.04 Å². The van der Waals surface area contributed by atoms with Gasteiger partial charge in [-0.1, -0.05) is 43.6 Å². The molecular formula is C22H26ClN3O2S. The van der Waals surface area contributed by atoms with Crippen molar-refractivity contribution in [2.24, 2.45) is 11.7 Å². The molecule has 0 radical (unpaired) electrons. The molecule has 1 atom stereocenters. The van der Waals surface area contributed by atoms with Gasteiger partial charge in [0.25, 0.3) is 0 Å². The van der Waals surface area contributed by atoms with Crippen molar-refractivity contribution in [3.63, 3.8) is 0 Å². The Morgan fingerprint density at radius 2 is 2.00 bits per heavy atom. The maximum absolute atomic E-state index is 13.0. The number of Topliss-reactive ketones (excluding diaryl/α,β-unsaturated/α-hetero) is 1. The fourth-order valence-corrected chi connectivity index (χ4v) is 4.21. The molecule has 1 aliphatic heterocycles. The third-order valence-electron chi connectivity index (χ3n) is 4.67. The Bertz CT molecular complexity index is 886. The average Bonchev–Trinajstić information content (AvgIpc) is 2.81. The van der Waals surface area contributed by atoms with E-state index in [4.69, 9.17) is 17.3 Å². The Morgan fingerprint density at radius 3 is 2.69 bits per heavy atom. The lowest BCUT2D eigenvalue weighted by Crippen LogP contribution is -2.44. The summed E-state index contributed by atoms with van der Waals surface area (Å²) < 4.78 is 0. The minimum atomic E-state index is -0.591. The van der Waals surface area contributed by atoms with Crippen LogP contribution in [0.4, 0.5) is 5.69 Å². The predicted octanol–water partition coefficient (Wildman–Crippen LogP) is 3.73. The molecule has 5 nitrogen and oxygen atoms in total. The van der Waals surface area contributed by atoms with Gasteiger partial charge in [-0.2, -0.15) is 0 Å². The number of carbonyl (C=O) groups excluding carboxylic acids is 2. The van der Waals surface area contributed by atoms with Crippen molar-refractivity contribution < 1.29 is 9.59 Å². The topological polar surface area (TPSA) is 75.4 Å². The van der Waals surface area contributed by atoms with Gasteiger partial charge in [0.05, 0.1) is 24.8 Å². The fraction of sp³-hybridized carbons (Fsp3) is 0.364. The number of benzene rings is 2. The highest BCUT2D eigenvalue weighted by molar-refractivity contribution is 7.99. The lowest BCUT2D eigenvalue weighted by Gasteiger charge is -2.25. The Hall–Kier alpha value is -1.86. The van der Waals surface area contributed by atoms with Crippen molar-refractivity contribution in [1.82, 2.24) is 5.32 Å². The van der Waals surface area contributed by atoms with E-state index in [1.54, 1.807) is 28.8 Å². The van der Waals surface area contributed by atoms with Crippen LogP contribution in [0, 0.1) is 5.92 Å². The molecule has 154 valence electrons. The summed E-state index contributed by atoms with van der Waals surface area (Å²) in [5.41, 5.74) is 8.38. The van der Waals surface area contributed by atoms with Crippen LogP contribution in [-0.2, 0) is 11.3 Å². The molecule has 2 aromatic rings. The summed E-state index contributed by atoms with van der Waals surface area (Å²) >= 11 is 7.53. The van der Waals surface area contributed by atoms with Gasteiger partial charge in [-0.25, -0.2) is 0 Å². The molecule has 7 heteroatoms. The third-order valence-corrected chi connectivity index (χ3v) is 6.10. The van der Waals surface area contributed by atoms with Crippen LogP contribution in [0.3, 0.4) is 0 Å². The minimum absolute atomic E-state index is 0.00545. The van der Waals surface area contributed by atoms with Crippen molar-refractivity contribution in [3.05, 3.63) is 58.6 Å². The number of anilines is 1. The van der Waals surface area contributed by atoms with Crippen LogP contribution in [0.2, 0.25) is 5.02 Å². The molecule has 3 rings (SSSR count). The Labute approximate surface area is 181 Å². The summed E-state index contributed by atoms with van der Waals surface area (Å²) in [5.74, 6) is 0.839. The van der Waals surface area contributed by atoms with Gasteiger partial charge in [-0.05, 0) is 42.3 Å². The van der Waals surface area contributed by atoms with Crippen molar-refractivity contribution in [2.75, 3.05) is 23.7 Å². The lowest BCUT2D eigenvalue weighted by molar-refractivity contribution is -0.119. The van der Waals surface area contributed by atoms with Crippen LogP contribution in [0.25, 0.3) is 0 Å². The van der Waals surface area contributed by atoms with Gasteiger partial charge in [0, 0.05) is 21.2 Å². The quantitative estimate of drug-likeness (QED) is 0.653. The molecule has 2 aromatic carbocycles. The number of nitrogens with one attached hydrogen (secondary N) is 1. The summed E-state index contributed by atoms with van der Waals surface area (Å²) in [4.78, 5) is 28.2. The molecule has 1 amide bonds. The number of carbonyl (C=O) groups is 2. The molecule has 1 heterocycles. The first-order valence-electron chi connectivity index (χ1n) is 9.67. The molecule has 29 heavy (non-hydrogen) atoms. The van der Waals surface area contributed by atoms with Gasteiger partial charge in [0.1, 0.15) is 0 Å². The van der Waals surface area contributed by atoms with Crippen LogP contribution < -0.4 is 16.0 Å². The monoisotopic (exact) mass is 431 g/mol. The van der Waals surface area contributed by atoms with E-state index in [-0.39, 0.29) is 18.2 Å². The van der Waals surface area contributed by atoms with Crippen LogP contribution in [-0.4, -0.2) is 36.6 Å². The summed E-state index contributed by atoms with van der Waals surface area (Å²) in [6.07, 6.45) is 0. The predicted molar refractivity (Wildman–Crippen MR) is 120 cm³/mol. The van der Waals surface area contributed by atoms with E-state index >= 15 is 0 Å². The zero-order valence-electron chi connectivity index (χ0n) is 16.7. The van der Waals surface area contributed by atoms with Crippen LogP contribution in [0.5, 0.6) is 0 Å². The zero-order chi connectivity index (χ0) is 21.0. The standard InChI is InChI=1S/C22H26ClN3O2S/c1-14(2)10-25-11-20(27)16-5-8-21-19(9-16)26(22(28)18(24)13-29-21)12-15-3-6-17(23)7-4-15/h3-9,14,18,25H,10-13,24H2,1-2H3/t18-/m0/s1. The highest BCUT2D eigenvalue weighted by Gasteiger charge is 2.29. The van der Waals surface area contributed by atoms with Crippen molar-refractivity contribution in [2.45, 2.75) is 31.3 Å². The number of thioether (sulfide) groups is 1. The maximum Gasteiger partial charge on any atom is 0.245 e. The normalized spacial score (nSPS) is 16.7. The minimum Gasteiger partial charge on any atom is -0.319 e. The third kappa shape index (κ3) is 5.60. The van der Waals surface area contributed by atoms with Gasteiger partial charge in [0.2, 0.25) is 5.91 Å². The van der Waals surface area contributed by atoms with E-state index in [9.17, 15) is 9.59 Å². The van der Waals surface area contributed by atoms with E-state index in [2.05, 4.69) is 19.2 Å². The second kappa shape index (κ2) is 9.76. The summed E-state index contributed by atoms with van der Waals surface area (Å²) in [5, 5.41) is 3.82. The molecule has 3 N–H and O–H groups in total. The highest BCUT2D eigenvalue weighted by Crippen LogP contribution is 2.36. The highest BCUT2D eigenvalue weighted by atomic mass is 35.5. The van der Waals surface area contributed by atoms with Gasteiger partial charge in [-0.3, -0.25) is 9.59 Å². The SMILES string of the molecule is CC(C)CNCC(=O)c1ccc2c(c1)N(Cc1ccc(Cl)cc1)C(=O)[C@@H](N)CS2. The number of amides is 1. The van der Waals surface area contributed by atoms with Crippen molar-refractivity contribution in [1.29, 1.82) is 0 Å². The Morgan fingerprint density at radius 1 is 1.28 bits per heavy atom. The molecule has 0 aromatic heterocycles. The van der Waals surface area contributed by atoms with Gasteiger partial charge >= 0.3 is 0 Å². The second-order valence-corrected chi connectivity index (χ2v) is 9.10. The number of halogens is 1. The molecular weight excluding hydrogens is 406 g/mol. The summed E-state index contributed by atoms with van der Waals surface area (Å²) in [7, 11) is 0.